The molecule has 3 nitrogen and oxygen atoms in total. The van der Waals surface area contributed by atoms with Gasteiger partial charge in [0.2, 0.25) is 0 Å². The summed E-state index contributed by atoms with van der Waals surface area (Å²) in [6, 6.07) is 31.0. The first-order valence-corrected chi connectivity index (χ1v) is 13.7. The molecule has 0 amide bonds. The summed E-state index contributed by atoms with van der Waals surface area (Å²) in [4.78, 5) is 16.5. The number of hydrogen-bond acceptors (Lipinski definition) is 3. The molecule has 0 unspecified atom stereocenters. The van der Waals surface area contributed by atoms with Gasteiger partial charge >= 0.3 is 0 Å². The Morgan fingerprint density at radius 1 is 0.800 bits per heavy atom. The molecule has 0 aliphatic heterocycles. The number of aliphatic hydroxyl groups excluding tert-OH is 1. The van der Waals surface area contributed by atoms with E-state index in [-0.39, 0.29) is 42.5 Å². The summed E-state index contributed by atoms with van der Waals surface area (Å²) in [6.45, 7) is 11.7. The number of fused-ring (bicyclic) bond motifs is 4. The summed E-state index contributed by atoms with van der Waals surface area (Å²) in [5.74, 6) is 0.195. The number of nitrogens with zero attached hydrogens (tertiary/aromatic N) is 1. The van der Waals surface area contributed by atoms with Crippen LogP contribution in [0.15, 0.2) is 96.9 Å². The third-order valence-electron chi connectivity index (χ3n) is 7.97. The van der Waals surface area contributed by atoms with Crippen molar-refractivity contribution in [3.05, 3.63) is 103 Å². The molecule has 5 aromatic rings. The number of benzene rings is 4. The van der Waals surface area contributed by atoms with Gasteiger partial charge in [-0.1, -0.05) is 107 Å². The Hall–Kier alpha value is -3.33. The average Bonchev–Trinajstić information content (AvgIpc) is 2.96. The number of carbonyl (C=O) groups excluding carboxylic acids is 1. The maximum absolute atomic E-state index is 11.8. The Morgan fingerprint density at radius 2 is 1.40 bits per heavy atom. The molecular weight excluding hydrogens is 671 g/mol. The van der Waals surface area contributed by atoms with Crippen molar-refractivity contribution in [2.45, 2.75) is 54.4 Å². The molecule has 40 heavy (non-hydrogen) atoms. The van der Waals surface area contributed by atoms with E-state index >= 15 is 0 Å². The van der Waals surface area contributed by atoms with Gasteiger partial charge in [-0.3, -0.25) is 9.78 Å². The number of allylic oxidation sites excluding steroid dienone is 2. The fraction of sp³-hybridized carbons (Fsp3) is 0.278. The number of rotatable bonds is 6. The van der Waals surface area contributed by atoms with Gasteiger partial charge in [-0.15, -0.1) is 29.7 Å². The van der Waals surface area contributed by atoms with E-state index in [1.165, 1.54) is 33.0 Å². The molecule has 1 N–H and O–H groups in total. The number of pyridine rings is 1. The third kappa shape index (κ3) is 6.69. The van der Waals surface area contributed by atoms with Crippen molar-refractivity contribution >= 4 is 38.1 Å². The molecule has 209 valence electrons. The fourth-order valence-electron chi connectivity index (χ4n) is 4.28. The van der Waals surface area contributed by atoms with E-state index in [2.05, 4.69) is 84.9 Å². The summed E-state index contributed by atoms with van der Waals surface area (Å²) in [7, 11) is 0. The zero-order valence-electron chi connectivity index (χ0n) is 24.2. The van der Waals surface area contributed by atoms with E-state index < -0.39 is 0 Å². The standard InChI is InChI=1S/C23H14N.C13H24O2.Ir/c1-2-7-19-15-20(12-9-16(19)5-1)23-22-18(13-14-24-23)11-10-17-6-3-4-8-21(17)22;1-7-12(3,4)10(14)9-11(15)13(5,6)8-2;/h1-14H;9,14H,7-8H2,1-6H3;/q-1;;/b;10-9-;. The first-order valence-electron chi connectivity index (χ1n) is 13.7. The van der Waals surface area contributed by atoms with Crippen LogP contribution in [-0.4, -0.2) is 15.9 Å². The van der Waals surface area contributed by atoms with Gasteiger partial charge in [0, 0.05) is 48.9 Å². The van der Waals surface area contributed by atoms with Gasteiger partial charge in [0.05, 0.1) is 0 Å². The maximum Gasteiger partial charge on any atom is 0.164 e. The molecule has 0 bridgehead atoms. The van der Waals surface area contributed by atoms with Crippen LogP contribution in [0.2, 0.25) is 0 Å². The number of carbonyl (C=O) groups is 1. The van der Waals surface area contributed by atoms with E-state index in [0.717, 1.165) is 29.5 Å². The Kier molecular flexibility index (Phi) is 10.1. The normalized spacial score (nSPS) is 12.1. The Balaban J connectivity index is 0.000000243. The van der Waals surface area contributed by atoms with Crippen molar-refractivity contribution in [2.24, 2.45) is 10.8 Å². The third-order valence-corrected chi connectivity index (χ3v) is 7.97. The van der Waals surface area contributed by atoms with Gasteiger partial charge in [-0.25, -0.2) is 0 Å². The predicted octanol–water partition coefficient (Wildman–Crippen LogP) is 9.88. The second-order valence-electron chi connectivity index (χ2n) is 11.4. The smallest absolute Gasteiger partial charge is 0.164 e. The number of hydrogen-bond donors (Lipinski definition) is 1. The molecule has 1 heterocycles. The molecule has 0 aliphatic rings. The number of ketones is 1. The first kappa shape index (κ1) is 31.2. The Morgan fingerprint density at radius 3 is 2.10 bits per heavy atom. The molecule has 4 heteroatoms. The predicted molar refractivity (Wildman–Crippen MR) is 165 cm³/mol. The molecule has 0 fully saturated rings. The van der Waals surface area contributed by atoms with Crippen LogP contribution < -0.4 is 0 Å². The van der Waals surface area contributed by atoms with Crippen LogP contribution in [0.3, 0.4) is 0 Å². The van der Waals surface area contributed by atoms with Crippen LogP contribution in [0, 0.1) is 16.9 Å². The first-order chi connectivity index (χ1) is 18.6. The van der Waals surface area contributed by atoms with Crippen molar-refractivity contribution < 1.29 is 30.0 Å². The van der Waals surface area contributed by atoms with Crippen LogP contribution in [0.1, 0.15) is 54.4 Å². The molecule has 4 aromatic carbocycles. The van der Waals surface area contributed by atoms with Crippen molar-refractivity contribution in [3.8, 4) is 11.3 Å². The van der Waals surface area contributed by atoms with Crippen LogP contribution >= 0.6 is 0 Å². The summed E-state index contributed by atoms with van der Waals surface area (Å²) >= 11 is 0. The van der Waals surface area contributed by atoms with Gasteiger partial charge in [-0.05, 0) is 40.5 Å². The van der Waals surface area contributed by atoms with Crippen molar-refractivity contribution in [1.82, 2.24) is 4.98 Å². The largest absolute Gasteiger partial charge is 0.512 e. The van der Waals surface area contributed by atoms with E-state index in [1.807, 2.05) is 47.7 Å². The van der Waals surface area contributed by atoms with E-state index in [0.29, 0.717) is 0 Å². The SMILES string of the molecule is CCC(C)(C)C(=O)/C=C(\O)C(C)(C)CC.[Ir].[c-]1c(-c2nccc3ccc4ccccc4c23)ccc2ccccc12. The molecule has 0 atom stereocenters. The zero-order chi connectivity index (χ0) is 28.2. The second kappa shape index (κ2) is 12.9. The average molecular weight is 709 g/mol. The molecule has 5 rings (SSSR count). The van der Waals surface area contributed by atoms with Crippen LogP contribution in [0.5, 0.6) is 0 Å². The maximum atomic E-state index is 11.8. The summed E-state index contributed by atoms with van der Waals surface area (Å²) in [5, 5.41) is 17.0. The van der Waals surface area contributed by atoms with Gasteiger partial charge in [0.15, 0.2) is 5.78 Å². The minimum absolute atomic E-state index is 0. The Labute approximate surface area is 251 Å². The molecule has 1 radical (unpaired) electrons. The van der Waals surface area contributed by atoms with Crippen LogP contribution in [0.4, 0.5) is 0 Å². The monoisotopic (exact) mass is 709 g/mol. The van der Waals surface area contributed by atoms with Crippen LogP contribution in [0.25, 0.3) is 43.6 Å². The Bertz CT molecular complexity index is 1670. The quantitative estimate of drug-likeness (QED) is 0.0827. The fourth-order valence-corrected chi connectivity index (χ4v) is 4.28. The van der Waals surface area contributed by atoms with E-state index in [9.17, 15) is 9.90 Å². The minimum Gasteiger partial charge on any atom is -0.512 e. The van der Waals surface area contributed by atoms with Gasteiger partial charge < -0.3 is 5.11 Å². The van der Waals surface area contributed by atoms with Gasteiger partial charge in [-0.2, -0.15) is 0 Å². The zero-order valence-corrected chi connectivity index (χ0v) is 26.6. The van der Waals surface area contributed by atoms with Crippen molar-refractivity contribution in [2.75, 3.05) is 0 Å². The minimum atomic E-state index is -0.377. The second-order valence-corrected chi connectivity index (χ2v) is 11.4. The molecule has 0 saturated heterocycles. The molecular formula is C36H38IrNO2-. The van der Waals surface area contributed by atoms with E-state index in [1.54, 1.807) is 0 Å². The summed E-state index contributed by atoms with van der Waals surface area (Å²) in [6.07, 6.45) is 4.87. The molecule has 0 spiro atoms. The van der Waals surface area contributed by atoms with Crippen LogP contribution in [-0.2, 0) is 24.9 Å². The van der Waals surface area contributed by atoms with Gasteiger partial charge in [0.1, 0.15) is 5.76 Å². The van der Waals surface area contributed by atoms with Crippen molar-refractivity contribution in [1.29, 1.82) is 0 Å². The van der Waals surface area contributed by atoms with E-state index in [4.69, 9.17) is 4.98 Å². The molecule has 0 saturated carbocycles. The molecule has 1 aromatic heterocycles. The van der Waals surface area contributed by atoms with Gasteiger partial charge in [0.25, 0.3) is 0 Å². The molecule has 0 aliphatic carbocycles. The summed E-state index contributed by atoms with van der Waals surface area (Å²) < 4.78 is 0. The van der Waals surface area contributed by atoms with Crippen molar-refractivity contribution in [3.63, 3.8) is 0 Å². The summed E-state index contributed by atoms with van der Waals surface area (Å²) in [5.41, 5.74) is 1.35. The topological polar surface area (TPSA) is 50.2 Å². The number of aromatic nitrogens is 1. The number of aliphatic hydroxyl groups is 1.